The van der Waals surface area contributed by atoms with E-state index < -0.39 is 0 Å². The minimum atomic E-state index is -0.316. The van der Waals surface area contributed by atoms with Gasteiger partial charge < -0.3 is 14.8 Å². The number of hydrogen-bond donors (Lipinski definition) is 1. The predicted molar refractivity (Wildman–Crippen MR) is 80.8 cm³/mol. The smallest absolute Gasteiger partial charge is 0.337 e. The molecule has 1 N–H and O–H groups in total. The maximum atomic E-state index is 11.4. The number of carbonyl (C=O) groups excluding carboxylic acids is 1. The Labute approximate surface area is 128 Å². The summed E-state index contributed by atoms with van der Waals surface area (Å²) in [6.07, 6.45) is 3.72. The van der Waals surface area contributed by atoms with Gasteiger partial charge in [0.1, 0.15) is 0 Å². The summed E-state index contributed by atoms with van der Waals surface area (Å²) in [4.78, 5) is 11.4. The van der Waals surface area contributed by atoms with E-state index >= 15 is 0 Å². The molecule has 0 heterocycles. The first-order chi connectivity index (χ1) is 9.63. The van der Waals surface area contributed by atoms with Crippen molar-refractivity contribution in [1.29, 1.82) is 0 Å². The van der Waals surface area contributed by atoms with Gasteiger partial charge in [-0.25, -0.2) is 4.79 Å². The fourth-order valence-corrected chi connectivity index (χ4v) is 3.05. The molecule has 0 saturated heterocycles. The molecule has 5 heteroatoms. The highest BCUT2D eigenvalue weighted by atomic mass is 79.9. The maximum Gasteiger partial charge on any atom is 0.337 e. The van der Waals surface area contributed by atoms with E-state index in [0.29, 0.717) is 17.7 Å². The Morgan fingerprint density at radius 2 is 2.20 bits per heavy atom. The van der Waals surface area contributed by atoms with Crippen LogP contribution in [0.25, 0.3) is 0 Å². The van der Waals surface area contributed by atoms with E-state index in [2.05, 4.69) is 21.2 Å². The van der Waals surface area contributed by atoms with Gasteiger partial charge in [-0.05, 0) is 37.0 Å². The molecule has 0 bridgehead atoms. The van der Waals surface area contributed by atoms with Crippen LogP contribution in [0.5, 0.6) is 0 Å². The Bertz CT molecular complexity index is 478. The van der Waals surface area contributed by atoms with Gasteiger partial charge >= 0.3 is 5.97 Å². The third-order valence-electron chi connectivity index (χ3n) is 3.77. The van der Waals surface area contributed by atoms with Crippen LogP contribution in [0.2, 0.25) is 0 Å². The van der Waals surface area contributed by atoms with Crippen molar-refractivity contribution in [3.05, 3.63) is 33.8 Å². The lowest BCUT2D eigenvalue weighted by molar-refractivity contribution is 0.0600. The number of ether oxygens (including phenoxy) is 2. The third kappa shape index (κ3) is 3.81. The maximum absolute atomic E-state index is 11.4. The quantitative estimate of drug-likeness (QED) is 0.836. The Morgan fingerprint density at radius 3 is 2.80 bits per heavy atom. The van der Waals surface area contributed by atoms with Gasteiger partial charge in [-0.15, -0.1) is 0 Å². The molecule has 1 saturated carbocycles. The van der Waals surface area contributed by atoms with Crippen LogP contribution >= 0.6 is 15.9 Å². The lowest BCUT2D eigenvalue weighted by atomic mass is 10.1. The molecule has 2 unspecified atom stereocenters. The van der Waals surface area contributed by atoms with Crippen LogP contribution in [0.15, 0.2) is 22.7 Å². The first-order valence-corrected chi connectivity index (χ1v) is 7.56. The largest absolute Gasteiger partial charge is 0.465 e. The lowest BCUT2D eigenvalue weighted by Crippen LogP contribution is -2.26. The number of halogens is 1. The first kappa shape index (κ1) is 15.5. The summed E-state index contributed by atoms with van der Waals surface area (Å²) >= 11 is 3.51. The molecule has 0 spiro atoms. The zero-order chi connectivity index (χ0) is 14.5. The minimum absolute atomic E-state index is 0.316. The SMILES string of the molecule is COC(=O)c1ccc(CNC2CCC(OC)C2)c(Br)c1. The Morgan fingerprint density at radius 1 is 1.40 bits per heavy atom. The lowest BCUT2D eigenvalue weighted by Gasteiger charge is -2.14. The number of rotatable bonds is 5. The number of carbonyl (C=O) groups is 1. The van der Waals surface area contributed by atoms with Gasteiger partial charge in [0.05, 0.1) is 18.8 Å². The molecule has 110 valence electrons. The molecule has 2 atom stereocenters. The third-order valence-corrected chi connectivity index (χ3v) is 4.51. The average molecular weight is 342 g/mol. The highest BCUT2D eigenvalue weighted by Crippen LogP contribution is 2.23. The van der Waals surface area contributed by atoms with Gasteiger partial charge in [0, 0.05) is 24.2 Å². The van der Waals surface area contributed by atoms with Crippen molar-refractivity contribution in [2.24, 2.45) is 0 Å². The van der Waals surface area contributed by atoms with Crippen LogP contribution in [0.3, 0.4) is 0 Å². The van der Waals surface area contributed by atoms with Crippen molar-refractivity contribution in [3.8, 4) is 0 Å². The zero-order valence-electron chi connectivity index (χ0n) is 11.8. The van der Waals surface area contributed by atoms with Crippen LogP contribution in [-0.4, -0.2) is 32.3 Å². The predicted octanol–water partition coefficient (Wildman–Crippen LogP) is 2.89. The van der Waals surface area contributed by atoms with E-state index in [1.54, 1.807) is 19.2 Å². The number of benzene rings is 1. The van der Waals surface area contributed by atoms with E-state index in [4.69, 9.17) is 9.47 Å². The fourth-order valence-electron chi connectivity index (χ4n) is 2.53. The van der Waals surface area contributed by atoms with Crippen LogP contribution in [0.4, 0.5) is 0 Å². The highest BCUT2D eigenvalue weighted by molar-refractivity contribution is 9.10. The molecule has 1 fully saturated rings. The summed E-state index contributed by atoms with van der Waals surface area (Å²) in [6, 6.07) is 6.05. The molecule has 0 aromatic heterocycles. The summed E-state index contributed by atoms with van der Waals surface area (Å²) in [5.41, 5.74) is 1.70. The van der Waals surface area contributed by atoms with E-state index in [-0.39, 0.29) is 5.97 Å². The molecule has 1 aromatic rings. The molecule has 0 aliphatic heterocycles. The van der Waals surface area contributed by atoms with E-state index in [1.807, 2.05) is 6.07 Å². The molecular formula is C15H20BrNO3. The van der Waals surface area contributed by atoms with Gasteiger partial charge in [0.25, 0.3) is 0 Å². The Hall–Kier alpha value is -0.910. The van der Waals surface area contributed by atoms with Gasteiger partial charge in [0.2, 0.25) is 0 Å². The van der Waals surface area contributed by atoms with E-state index in [1.165, 1.54) is 7.11 Å². The summed E-state index contributed by atoms with van der Waals surface area (Å²) in [5.74, 6) is -0.316. The molecule has 1 aliphatic carbocycles. The van der Waals surface area contributed by atoms with Gasteiger partial charge in [-0.3, -0.25) is 0 Å². The van der Waals surface area contributed by atoms with Gasteiger partial charge in [0.15, 0.2) is 0 Å². The molecular weight excluding hydrogens is 322 g/mol. The molecule has 2 rings (SSSR count). The van der Waals surface area contributed by atoms with Crippen molar-refractivity contribution >= 4 is 21.9 Å². The molecule has 0 radical (unpaired) electrons. The summed E-state index contributed by atoms with van der Waals surface area (Å²) in [5, 5.41) is 3.54. The summed E-state index contributed by atoms with van der Waals surface area (Å²) in [6.45, 7) is 0.781. The second-order valence-electron chi connectivity index (χ2n) is 5.05. The van der Waals surface area contributed by atoms with Crippen molar-refractivity contribution in [2.45, 2.75) is 38.0 Å². The standard InChI is InChI=1S/C15H20BrNO3/c1-19-13-6-5-12(8-13)17-9-11-4-3-10(7-14(11)16)15(18)20-2/h3-4,7,12-13,17H,5-6,8-9H2,1-2H3. The fraction of sp³-hybridized carbons (Fsp3) is 0.533. The second kappa shape index (κ2) is 7.20. The first-order valence-electron chi connectivity index (χ1n) is 6.77. The van der Waals surface area contributed by atoms with Crippen LogP contribution < -0.4 is 5.32 Å². The van der Waals surface area contributed by atoms with Crippen LogP contribution in [-0.2, 0) is 16.0 Å². The zero-order valence-corrected chi connectivity index (χ0v) is 13.4. The number of nitrogens with one attached hydrogen (secondary N) is 1. The van der Waals surface area contributed by atoms with Gasteiger partial charge in [-0.1, -0.05) is 22.0 Å². The van der Waals surface area contributed by atoms with E-state index in [0.717, 1.165) is 35.8 Å². The van der Waals surface area contributed by atoms with Crippen molar-refractivity contribution in [1.82, 2.24) is 5.32 Å². The molecule has 1 aromatic carbocycles. The molecule has 0 amide bonds. The average Bonchev–Trinajstić information content (AvgIpc) is 2.93. The molecule has 4 nitrogen and oxygen atoms in total. The monoisotopic (exact) mass is 341 g/mol. The topological polar surface area (TPSA) is 47.6 Å². The second-order valence-corrected chi connectivity index (χ2v) is 5.90. The van der Waals surface area contributed by atoms with Gasteiger partial charge in [-0.2, -0.15) is 0 Å². The molecule has 20 heavy (non-hydrogen) atoms. The van der Waals surface area contributed by atoms with Crippen LogP contribution in [0, 0.1) is 0 Å². The van der Waals surface area contributed by atoms with Crippen LogP contribution in [0.1, 0.15) is 35.2 Å². The van der Waals surface area contributed by atoms with Crippen molar-refractivity contribution in [3.63, 3.8) is 0 Å². The number of esters is 1. The normalized spacial score (nSPS) is 21.9. The highest BCUT2D eigenvalue weighted by Gasteiger charge is 2.23. The minimum Gasteiger partial charge on any atom is -0.465 e. The Balaban J connectivity index is 1.92. The summed E-state index contributed by atoms with van der Waals surface area (Å²) in [7, 11) is 3.16. The van der Waals surface area contributed by atoms with E-state index in [9.17, 15) is 4.79 Å². The summed E-state index contributed by atoms with van der Waals surface area (Å²) < 4.78 is 11.0. The van der Waals surface area contributed by atoms with Crippen molar-refractivity contribution < 1.29 is 14.3 Å². The van der Waals surface area contributed by atoms with Crippen molar-refractivity contribution in [2.75, 3.05) is 14.2 Å². The molecule has 1 aliphatic rings. The number of methoxy groups -OCH3 is 2. The number of hydrogen-bond acceptors (Lipinski definition) is 4. The Kier molecular flexibility index (Phi) is 5.57.